The number of halogens is 1. The fraction of sp³-hybridized carbons (Fsp3) is 0.458. The third-order valence-electron chi connectivity index (χ3n) is 7.19. The molecule has 5 rings (SSSR count). The second-order valence-corrected chi connectivity index (χ2v) is 9.44. The molecular weight excluding hydrogens is 381 g/mol. The van der Waals surface area contributed by atoms with Crippen LogP contribution in [0.3, 0.4) is 0 Å². The Hall–Kier alpha value is -2.76. The minimum absolute atomic E-state index is 0.00509. The van der Waals surface area contributed by atoms with Crippen molar-refractivity contribution in [3.8, 4) is 5.75 Å². The second kappa shape index (κ2) is 6.62. The van der Waals surface area contributed by atoms with Crippen LogP contribution in [0.2, 0.25) is 0 Å². The molecule has 3 N–H and O–H groups in total. The second-order valence-electron chi connectivity index (χ2n) is 9.44. The summed E-state index contributed by atoms with van der Waals surface area (Å²) in [7, 11) is 0. The van der Waals surface area contributed by atoms with Crippen molar-refractivity contribution in [3.63, 3.8) is 0 Å². The minimum Gasteiger partial charge on any atom is -0.441 e. The molecule has 30 heavy (non-hydrogen) atoms. The van der Waals surface area contributed by atoms with Crippen molar-refractivity contribution in [2.75, 3.05) is 16.0 Å². The Morgan fingerprint density at radius 3 is 2.73 bits per heavy atom. The fourth-order valence-corrected chi connectivity index (χ4v) is 4.49. The van der Waals surface area contributed by atoms with Crippen LogP contribution < -0.4 is 20.7 Å². The Kier molecular flexibility index (Phi) is 4.24. The highest BCUT2D eigenvalue weighted by Gasteiger charge is 2.51. The number of anilines is 3. The molecule has 6 heteroatoms. The Balaban J connectivity index is 1.33. The number of amides is 1. The zero-order chi connectivity index (χ0) is 21.1. The number of alkyl halides is 1. The molecule has 0 bridgehead atoms. The highest BCUT2D eigenvalue weighted by atomic mass is 19.1. The van der Waals surface area contributed by atoms with Crippen LogP contribution in [0.1, 0.15) is 51.2 Å². The lowest BCUT2D eigenvalue weighted by Gasteiger charge is -2.30. The van der Waals surface area contributed by atoms with E-state index in [1.54, 1.807) is 6.07 Å². The summed E-state index contributed by atoms with van der Waals surface area (Å²) in [6.45, 7) is 5.27. The van der Waals surface area contributed by atoms with E-state index < -0.39 is 11.9 Å². The van der Waals surface area contributed by atoms with Gasteiger partial charge in [-0.15, -0.1) is 0 Å². The quantitative estimate of drug-likeness (QED) is 0.595. The maximum Gasteiger partial charge on any atom is 0.318 e. The highest BCUT2D eigenvalue weighted by molar-refractivity contribution is 6.02. The Morgan fingerprint density at radius 1 is 1.20 bits per heavy atom. The van der Waals surface area contributed by atoms with Crippen molar-refractivity contribution in [3.05, 3.63) is 47.5 Å². The number of hydrogen-bond donors (Lipinski definition) is 3. The van der Waals surface area contributed by atoms with E-state index in [9.17, 15) is 9.18 Å². The number of carbonyl (C=O) groups is 1. The number of carbonyl (C=O) groups excluding carboxylic acids is 1. The zero-order valence-corrected chi connectivity index (χ0v) is 17.6. The molecule has 0 radical (unpaired) electrons. The summed E-state index contributed by atoms with van der Waals surface area (Å²) >= 11 is 0. The molecule has 2 unspecified atom stereocenters. The molecule has 0 spiro atoms. The SMILES string of the molecule is CCC(C)(C)C1Cc2cc(NC(=O)C3(c4ccc5c(c4)NC(F)O5)CC3)ccc2N1. The molecule has 2 heterocycles. The number of ether oxygens (including phenoxy) is 1. The van der Waals surface area contributed by atoms with Crippen molar-refractivity contribution >= 4 is 23.0 Å². The topological polar surface area (TPSA) is 62.4 Å². The van der Waals surface area contributed by atoms with Gasteiger partial charge < -0.3 is 20.7 Å². The molecule has 2 atom stereocenters. The molecule has 1 fully saturated rings. The lowest BCUT2D eigenvalue weighted by Crippen LogP contribution is -2.33. The van der Waals surface area contributed by atoms with Crippen molar-refractivity contribution in [1.82, 2.24) is 0 Å². The molecule has 2 aliphatic heterocycles. The summed E-state index contributed by atoms with van der Waals surface area (Å²) in [5.41, 5.74) is 4.40. The minimum atomic E-state index is -1.53. The fourth-order valence-electron chi connectivity index (χ4n) is 4.49. The Bertz CT molecular complexity index is 1020. The van der Waals surface area contributed by atoms with Gasteiger partial charge in [-0.1, -0.05) is 26.8 Å². The van der Waals surface area contributed by atoms with Gasteiger partial charge in [0.15, 0.2) is 0 Å². The van der Waals surface area contributed by atoms with Crippen LogP contribution in [0.4, 0.5) is 21.5 Å². The lowest BCUT2D eigenvalue weighted by molar-refractivity contribution is -0.118. The molecule has 1 amide bonds. The van der Waals surface area contributed by atoms with Gasteiger partial charge in [-0.05, 0) is 72.6 Å². The summed E-state index contributed by atoms with van der Waals surface area (Å²) < 4.78 is 18.5. The third-order valence-corrected chi connectivity index (χ3v) is 7.19. The van der Waals surface area contributed by atoms with E-state index in [1.165, 1.54) is 5.56 Å². The number of benzene rings is 2. The summed E-state index contributed by atoms with van der Waals surface area (Å²) in [5, 5.41) is 9.41. The van der Waals surface area contributed by atoms with Crippen LogP contribution in [0, 0.1) is 5.41 Å². The number of nitrogens with one attached hydrogen (secondary N) is 3. The van der Waals surface area contributed by atoms with E-state index in [4.69, 9.17) is 4.74 Å². The largest absolute Gasteiger partial charge is 0.441 e. The Morgan fingerprint density at radius 2 is 2.00 bits per heavy atom. The summed E-state index contributed by atoms with van der Waals surface area (Å²) in [5.74, 6) is 0.479. The van der Waals surface area contributed by atoms with Gasteiger partial charge in [-0.2, -0.15) is 4.39 Å². The van der Waals surface area contributed by atoms with Gasteiger partial charge in [0.1, 0.15) is 5.75 Å². The van der Waals surface area contributed by atoms with Gasteiger partial charge >= 0.3 is 6.48 Å². The first kappa shape index (κ1) is 19.2. The summed E-state index contributed by atoms with van der Waals surface area (Å²) in [6, 6.07) is 12.0. The van der Waals surface area contributed by atoms with Crippen LogP contribution in [-0.2, 0) is 16.6 Å². The number of rotatable bonds is 5. The number of fused-ring (bicyclic) bond motifs is 2. The van der Waals surface area contributed by atoms with E-state index in [-0.39, 0.29) is 11.3 Å². The van der Waals surface area contributed by atoms with Gasteiger partial charge in [0.2, 0.25) is 5.91 Å². The van der Waals surface area contributed by atoms with E-state index in [2.05, 4.69) is 48.9 Å². The molecule has 3 aliphatic rings. The molecular formula is C24H28FN3O2. The average molecular weight is 410 g/mol. The van der Waals surface area contributed by atoms with Gasteiger partial charge in [-0.3, -0.25) is 4.79 Å². The predicted molar refractivity (Wildman–Crippen MR) is 117 cm³/mol. The molecule has 2 aromatic carbocycles. The highest BCUT2D eigenvalue weighted by Crippen LogP contribution is 2.51. The van der Waals surface area contributed by atoms with Crippen molar-refractivity contribution < 1.29 is 13.9 Å². The van der Waals surface area contributed by atoms with Crippen molar-refractivity contribution in [2.45, 2.75) is 64.4 Å². The third kappa shape index (κ3) is 3.09. The van der Waals surface area contributed by atoms with E-state index in [1.807, 2.05) is 18.2 Å². The summed E-state index contributed by atoms with van der Waals surface area (Å²) in [6.07, 6.45) is 3.65. The molecule has 1 aliphatic carbocycles. The monoisotopic (exact) mass is 409 g/mol. The first-order valence-corrected chi connectivity index (χ1v) is 10.7. The lowest BCUT2D eigenvalue weighted by atomic mass is 9.80. The Labute approximate surface area is 176 Å². The van der Waals surface area contributed by atoms with Gasteiger partial charge in [-0.25, -0.2) is 0 Å². The average Bonchev–Trinajstić information content (AvgIpc) is 3.28. The van der Waals surface area contributed by atoms with Crippen LogP contribution in [0.5, 0.6) is 5.75 Å². The maximum absolute atomic E-state index is 13.4. The van der Waals surface area contributed by atoms with Gasteiger partial charge in [0.05, 0.1) is 11.1 Å². The zero-order valence-electron chi connectivity index (χ0n) is 17.6. The van der Waals surface area contributed by atoms with Crippen LogP contribution in [0.25, 0.3) is 0 Å². The molecule has 158 valence electrons. The smallest absolute Gasteiger partial charge is 0.318 e. The standard InChI is InChI=1S/C24H28FN3O2/c1-4-23(2,3)20-12-14-11-16(6-7-17(14)27-20)26-21(29)24(9-10-24)15-5-8-19-18(13-15)28-22(25)30-19/h5-8,11,13,20,22,27-28H,4,9-10,12H2,1-3H3,(H,26,29). The maximum atomic E-state index is 13.4. The normalized spacial score (nSPS) is 22.9. The van der Waals surface area contributed by atoms with E-state index >= 15 is 0 Å². The molecule has 0 saturated heterocycles. The van der Waals surface area contributed by atoms with Crippen LogP contribution >= 0.6 is 0 Å². The predicted octanol–water partition coefficient (Wildman–Crippen LogP) is 5.19. The van der Waals surface area contributed by atoms with E-state index in [0.29, 0.717) is 17.5 Å². The molecule has 1 saturated carbocycles. The number of hydrogen-bond acceptors (Lipinski definition) is 4. The van der Waals surface area contributed by atoms with Crippen LogP contribution in [-0.4, -0.2) is 18.4 Å². The molecule has 2 aromatic rings. The van der Waals surface area contributed by atoms with Gasteiger partial charge in [0, 0.05) is 17.4 Å². The molecule has 5 nitrogen and oxygen atoms in total. The van der Waals surface area contributed by atoms with Crippen LogP contribution in [0.15, 0.2) is 36.4 Å². The van der Waals surface area contributed by atoms with Crippen molar-refractivity contribution in [1.29, 1.82) is 0 Å². The van der Waals surface area contributed by atoms with Crippen molar-refractivity contribution in [2.24, 2.45) is 5.41 Å². The summed E-state index contributed by atoms with van der Waals surface area (Å²) in [4.78, 5) is 13.2. The molecule has 0 aromatic heterocycles. The van der Waals surface area contributed by atoms with E-state index in [0.717, 1.165) is 42.6 Å². The first-order chi connectivity index (χ1) is 14.3. The van der Waals surface area contributed by atoms with Gasteiger partial charge in [0.25, 0.3) is 0 Å². The first-order valence-electron chi connectivity index (χ1n) is 10.7.